The quantitative estimate of drug-likeness (QED) is 0.909. The summed E-state index contributed by atoms with van der Waals surface area (Å²) in [4.78, 5) is 4.45. The van der Waals surface area contributed by atoms with E-state index in [0.29, 0.717) is 12.0 Å². The van der Waals surface area contributed by atoms with Crippen LogP contribution in [-0.2, 0) is 6.42 Å². The first-order valence-corrected chi connectivity index (χ1v) is 7.96. The van der Waals surface area contributed by atoms with E-state index in [1.807, 2.05) is 12.3 Å². The Bertz CT molecular complexity index is 606. The summed E-state index contributed by atoms with van der Waals surface area (Å²) in [6.07, 6.45) is 6.88. The summed E-state index contributed by atoms with van der Waals surface area (Å²) in [6, 6.07) is 13.6. The molecule has 1 heterocycles. The van der Waals surface area contributed by atoms with Crippen LogP contribution in [0.4, 0.5) is 0 Å². The number of aryl methyl sites for hydroxylation is 2. The van der Waals surface area contributed by atoms with Gasteiger partial charge in [-0.25, -0.2) is 0 Å². The predicted octanol–water partition coefficient (Wildman–Crippen LogP) is 4.16. The Morgan fingerprint density at radius 3 is 2.90 bits per heavy atom. The molecule has 1 aliphatic carbocycles. The summed E-state index contributed by atoms with van der Waals surface area (Å²) in [7, 11) is 2.06. The van der Waals surface area contributed by atoms with Gasteiger partial charge in [0.15, 0.2) is 0 Å². The van der Waals surface area contributed by atoms with Crippen molar-refractivity contribution in [1.29, 1.82) is 0 Å². The Morgan fingerprint density at radius 1 is 1.24 bits per heavy atom. The van der Waals surface area contributed by atoms with Gasteiger partial charge in [0.05, 0.1) is 0 Å². The maximum Gasteiger partial charge on any atom is 0.0420 e. The molecule has 0 radical (unpaired) electrons. The summed E-state index contributed by atoms with van der Waals surface area (Å²) in [6.45, 7) is 2.11. The summed E-state index contributed by atoms with van der Waals surface area (Å²) < 4.78 is 0. The molecule has 0 saturated carbocycles. The minimum absolute atomic E-state index is 0.384. The first kappa shape index (κ1) is 14.3. The fourth-order valence-corrected chi connectivity index (χ4v) is 3.65. The first-order chi connectivity index (χ1) is 10.3. The van der Waals surface area contributed by atoms with E-state index in [9.17, 15) is 0 Å². The molecule has 2 atom stereocenters. The highest BCUT2D eigenvalue weighted by atomic mass is 14.9. The van der Waals surface area contributed by atoms with E-state index in [0.717, 1.165) is 12.1 Å². The van der Waals surface area contributed by atoms with Gasteiger partial charge >= 0.3 is 0 Å². The van der Waals surface area contributed by atoms with Crippen LogP contribution in [-0.4, -0.2) is 12.0 Å². The van der Waals surface area contributed by atoms with Gasteiger partial charge in [-0.1, -0.05) is 30.3 Å². The molecule has 0 amide bonds. The van der Waals surface area contributed by atoms with Crippen molar-refractivity contribution in [1.82, 2.24) is 10.3 Å². The van der Waals surface area contributed by atoms with Crippen molar-refractivity contribution in [3.8, 4) is 0 Å². The molecule has 2 aromatic rings. The lowest BCUT2D eigenvalue weighted by molar-refractivity contribution is 0.438. The number of rotatable bonds is 4. The van der Waals surface area contributed by atoms with E-state index in [4.69, 9.17) is 0 Å². The molecule has 3 rings (SSSR count). The second kappa shape index (κ2) is 6.40. The smallest absolute Gasteiger partial charge is 0.0420 e. The zero-order chi connectivity index (χ0) is 14.7. The highest BCUT2D eigenvalue weighted by Gasteiger charge is 2.24. The van der Waals surface area contributed by atoms with E-state index < -0.39 is 0 Å². The fourth-order valence-electron chi connectivity index (χ4n) is 3.65. The molecule has 1 N–H and O–H groups in total. The predicted molar refractivity (Wildman–Crippen MR) is 87.5 cm³/mol. The molecular weight excluding hydrogens is 256 g/mol. The topological polar surface area (TPSA) is 24.9 Å². The summed E-state index contributed by atoms with van der Waals surface area (Å²) in [5.74, 6) is 0.659. The molecule has 2 unspecified atom stereocenters. The largest absolute Gasteiger partial charge is 0.313 e. The van der Waals surface area contributed by atoms with Crippen LogP contribution >= 0.6 is 0 Å². The third-order valence-corrected chi connectivity index (χ3v) is 4.79. The Balaban J connectivity index is 1.84. The molecule has 0 spiro atoms. The maximum atomic E-state index is 4.45. The van der Waals surface area contributed by atoms with Crippen molar-refractivity contribution in [2.24, 2.45) is 0 Å². The molecule has 21 heavy (non-hydrogen) atoms. The van der Waals surface area contributed by atoms with Gasteiger partial charge in [-0.05, 0) is 68.3 Å². The minimum atomic E-state index is 0.384. The number of nitrogens with zero attached hydrogens (tertiary/aromatic N) is 1. The van der Waals surface area contributed by atoms with Gasteiger partial charge in [0.2, 0.25) is 0 Å². The van der Waals surface area contributed by atoms with Gasteiger partial charge in [0.25, 0.3) is 0 Å². The Hall–Kier alpha value is -1.67. The maximum absolute atomic E-state index is 4.45. The zero-order valence-corrected chi connectivity index (χ0v) is 13.0. The second-order valence-corrected chi connectivity index (χ2v) is 6.04. The van der Waals surface area contributed by atoms with Crippen molar-refractivity contribution in [2.45, 2.75) is 44.6 Å². The summed E-state index contributed by atoms with van der Waals surface area (Å²) in [5.41, 5.74) is 5.58. The van der Waals surface area contributed by atoms with Crippen LogP contribution in [0.5, 0.6) is 0 Å². The number of hydrogen-bond donors (Lipinski definition) is 1. The van der Waals surface area contributed by atoms with Gasteiger partial charge in [0.1, 0.15) is 0 Å². The van der Waals surface area contributed by atoms with E-state index in [1.165, 1.54) is 24.8 Å². The Labute approximate surface area is 127 Å². The SMILES string of the molecule is CNC(CC1CCCc2ccccc21)c1cccnc1C. The summed E-state index contributed by atoms with van der Waals surface area (Å²) >= 11 is 0. The Morgan fingerprint density at radius 2 is 2.10 bits per heavy atom. The van der Waals surface area contributed by atoms with Gasteiger partial charge in [-0.3, -0.25) is 4.98 Å². The van der Waals surface area contributed by atoms with Crippen LogP contribution in [0.3, 0.4) is 0 Å². The van der Waals surface area contributed by atoms with Crippen molar-refractivity contribution in [3.63, 3.8) is 0 Å². The number of benzene rings is 1. The van der Waals surface area contributed by atoms with Gasteiger partial charge < -0.3 is 5.32 Å². The monoisotopic (exact) mass is 280 g/mol. The molecule has 0 saturated heterocycles. The molecule has 2 nitrogen and oxygen atoms in total. The van der Waals surface area contributed by atoms with Crippen LogP contribution in [0.1, 0.15) is 53.6 Å². The minimum Gasteiger partial charge on any atom is -0.313 e. The lowest BCUT2D eigenvalue weighted by atomic mass is 9.78. The van der Waals surface area contributed by atoms with Crippen LogP contribution in [0, 0.1) is 6.92 Å². The number of fused-ring (bicyclic) bond motifs is 1. The molecule has 0 fully saturated rings. The van der Waals surface area contributed by atoms with E-state index in [2.05, 4.69) is 54.6 Å². The lowest BCUT2D eigenvalue weighted by Gasteiger charge is -2.29. The van der Waals surface area contributed by atoms with Crippen molar-refractivity contribution < 1.29 is 0 Å². The number of pyridine rings is 1. The van der Waals surface area contributed by atoms with Gasteiger partial charge in [-0.2, -0.15) is 0 Å². The molecule has 0 aliphatic heterocycles. The normalized spacial score (nSPS) is 19.0. The molecular formula is C19H24N2. The van der Waals surface area contributed by atoms with Crippen LogP contribution in [0.2, 0.25) is 0 Å². The highest BCUT2D eigenvalue weighted by Crippen LogP contribution is 2.37. The van der Waals surface area contributed by atoms with Crippen LogP contribution in [0.15, 0.2) is 42.6 Å². The van der Waals surface area contributed by atoms with E-state index >= 15 is 0 Å². The highest BCUT2D eigenvalue weighted by molar-refractivity contribution is 5.33. The number of nitrogens with one attached hydrogen (secondary N) is 1. The second-order valence-electron chi connectivity index (χ2n) is 6.04. The standard InChI is InChI=1S/C19H24N2/c1-14-17(11-6-12-21-14)19(20-2)13-16-9-5-8-15-7-3-4-10-18(15)16/h3-4,6-7,10-12,16,19-20H,5,8-9,13H2,1-2H3. The average molecular weight is 280 g/mol. The van der Waals surface area contributed by atoms with E-state index in [-0.39, 0.29) is 0 Å². The molecule has 110 valence electrons. The number of aromatic nitrogens is 1. The molecule has 2 heteroatoms. The van der Waals surface area contributed by atoms with Gasteiger partial charge in [0, 0.05) is 17.9 Å². The fraction of sp³-hybridized carbons (Fsp3) is 0.421. The van der Waals surface area contributed by atoms with Gasteiger partial charge in [-0.15, -0.1) is 0 Å². The molecule has 1 aromatic carbocycles. The summed E-state index contributed by atoms with van der Waals surface area (Å²) in [5, 5.41) is 3.50. The molecule has 0 bridgehead atoms. The first-order valence-electron chi connectivity index (χ1n) is 7.96. The molecule has 1 aliphatic rings. The average Bonchev–Trinajstić information content (AvgIpc) is 2.53. The number of hydrogen-bond acceptors (Lipinski definition) is 2. The molecule has 1 aromatic heterocycles. The van der Waals surface area contributed by atoms with Crippen LogP contribution < -0.4 is 5.32 Å². The third-order valence-electron chi connectivity index (χ3n) is 4.79. The third kappa shape index (κ3) is 3.01. The lowest BCUT2D eigenvalue weighted by Crippen LogP contribution is -2.22. The van der Waals surface area contributed by atoms with Crippen molar-refractivity contribution in [2.75, 3.05) is 7.05 Å². The zero-order valence-electron chi connectivity index (χ0n) is 13.0. The van der Waals surface area contributed by atoms with E-state index in [1.54, 1.807) is 11.1 Å². The van der Waals surface area contributed by atoms with Crippen LogP contribution in [0.25, 0.3) is 0 Å². The van der Waals surface area contributed by atoms with Crippen molar-refractivity contribution in [3.05, 3.63) is 65.0 Å². The van der Waals surface area contributed by atoms with Crippen molar-refractivity contribution >= 4 is 0 Å². The Kier molecular flexibility index (Phi) is 4.35.